The molecule has 27 heavy (non-hydrogen) atoms. The van der Waals surface area contributed by atoms with Gasteiger partial charge in [0.2, 0.25) is 0 Å². The molecule has 0 bridgehead atoms. The van der Waals surface area contributed by atoms with Crippen molar-refractivity contribution < 1.29 is 41.2 Å². The normalized spacial score (nSPS) is 9.93. The molecule has 0 saturated carbocycles. The predicted molar refractivity (Wildman–Crippen MR) is 106 cm³/mol. The molecule has 3 aromatic carbocycles. The third kappa shape index (κ3) is 15.4. The van der Waals surface area contributed by atoms with Crippen LogP contribution >= 0.6 is 0 Å². The van der Waals surface area contributed by atoms with Crippen molar-refractivity contribution in [3.05, 3.63) is 115 Å². The standard InChI is InChI=1S/3C6H6O.C5H5.Hf/c3*7-6-4-2-1-3-5-6;1-2-4-5-3-1;/h3*1-5,7H;1-3H,4H2;/q;;;-1;. The van der Waals surface area contributed by atoms with Crippen LogP contribution in [0.2, 0.25) is 0 Å². The first-order valence-corrected chi connectivity index (χ1v) is 8.12. The molecule has 1 aliphatic rings. The van der Waals surface area contributed by atoms with Gasteiger partial charge < -0.3 is 15.3 Å². The van der Waals surface area contributed by atoms with Gasteiger partial charge in [-0.15, -0.1) is 6.42 Å². The number of phenolic OH excluding ortho intramolecular Hbond substituents is 3. The molecule has 0 unspecified atom stereocenters. The third-order valence-electron chi connectivity index (χ3n) is 2.85. The first-order valence-electron chi connectivity index (χ1n) is 8.12. The maximum Gasteiger partial charge on any atom is 0.115 e. The SMILES string of the molecule is Oc1ccccc1.Oc1ccccc1.Oc1ccccc1.[C-]1=CC=CC1.[Hf]. The van der Waals surface area contributed by atoms with Gasteiger partial charge in [0.1, 0.15) is 17.2 Å². The summed E-state index contributed by atoms with van der Waals surface area (Å²) in [7, 11) is 0. The molecule has 1 aliphatic carbocycles. The molecular weight excluding hydrogens is 503 g/mol. The molecule has 4 heteroatoms. The molecule has 138 valence electrons. The van der Waals surface area contributed by atoms with E-state index in [0.717, 1.165) is 6.42 Å². The Balaban J connectivity index is 0.000000332. The van der Waals surface area contributed by atoms with Crippen LogP contribution in [-0.2, 0) is 25.8 Å². The molecule has 0 radical (unpaired) electrons. The Morgan fingerprint density at radius 3 is 1.00 bits per heavy atom. The molecule has 4 rings (SSSR count). The predicted octanol–water partition coefficient (Wildman–Crippen LogP) is 5.48. The van der Waals surface area contributed by atoms with Gasteiger partial charge >= 0.3 is 0 Å². The molecule has 3 N–H and O–H groups in total. The van der Waals surface area contributed by atoms with E-state index in [2.05, 4.69) is 12.2 Å². The molecule has 3 nitrogen and oxygen atoms in total. The van der Waals surface area contributed by atoms with E-state index in [0.29, 0.717) is 17.2 Å². The Kier molecular flexibility index (Phi) is 15.2. The van der Waals surface area contributed by atoms with Crippen LogP contribution in [0.1, 0.15) is 6.42 Å². The van der Waals surface area contributed by atoms with Crippen molar-refractivity contribution in [2.24, 2.45) is 0 Å². The van der Waals surface area contributed by atoms with Crippen molar-refractivity contribution in [2.45, 2.75) is 6.42 Å². The minimum absolute atomic E-state index is 0. The summed E-state index contributed by atoms with van der Waals surface area (Å²) in [6.45, 7) is 0. The Bertz CT molecular complexity index is 643. The minimum atomic E-state index is 0. The van der Waals surface area contributed by atoms with Crippen LogP contribution in [-0.4, -0.2) is 15.3 Å². The van der Waals surface area contributed by atoms with Crippen molar-refractivity contribution in [3.8, 4) is 17.2 Å². The van der Waals surface area contributed by atoms with E-state index in [1.807, 2.05) is 30.4 Å². The number of phenols is 3. The van der Waals surface area contributed by atoms with Gasteiger partial charge in [-0.05, 0) is 36.4 Å². The van der Waals surface area contributed by atoms with Crippen LogP contribution in [0.25, 0.3) is 0 Å². The largest absolute Gasteiger partial charge is 0.508 e. The summed E-state index contributed by atoms with van der Waals surface area (Å²) in [5.74, 6) is 0.965. The number of hydrogen-bond acceptors (Lipinski definition) is 3. The van der Waals surface area contributed by atoms with Crippen LogP contribution in [0.3, 0.4) is 0 Å². The van der Waals surface area contributed by atoms with Gasteiger partial charge in [-0.1, -0.05) is 54.6 Å². The Labute approximate surface area is 179 Å². The summed E-state index contributed by atoms with van der Waals surface area (Å²) < 4.78 is 0. The number of para-hydroxylation sites is 3. The summed E-state index contributed by atoms with van der Waals surface area (Å²) in [4.78, 5) is 0. The van der Waals surface area contributed by atoms with Gasteiger partial charge in [0.25, 0.3) is 0 Å². The maximum absolute atomic E-state index is 8.63. The van der Waals surface area contributed by atoms with Crippen molar-refractivity contribution in [3.63, 3.8) is 0 Å². The van der Waals surface area contributed by atoms with E-state index >= 15 is 0 Å². The second-order valence-electron chi connectivity index (χ2n) is 5.01. The topological polar surface area (TPSA) is 60.7 Å². The average Bonchev–Trinajstić information content (AvgIpc) is 3.25. The van der Waals surface area contributed by atoms with Gasteiger partial charge in [-0.2, -0.15) is 6.08 Å². The Hall–Kier alpha value is -2.59. The molecule has 0 aromatic heterocycles. The van der Waals surface area contributed by atoms with E-state index in [4.69, 9.17) is 15.3 Å². The first kappa shape index (κ1) is 24.4. The summed E-state index contributed by atoms with van der Waals surface area (Å²) >= 11 is 0. The van der Waals surface area contributed by atoms with Gasteiger partial charge in [0.15, 0.2) is 0 Å². The van der Waals surface area contributed by atoms with E-state index in [-0.39, 0.29) is 25.8 Å². The number of allylic oxidation sites excluding steroid dienone is 4. The molecule has 0 amide bonds. The fraction of sp³-hybridized carbons (Fsp3) is 0.0435. The number of aromatic hydroxyl groups is 3. The van der Waals surface area contributed by atoms with Crippen LogP contribution in [0.4, 0.5) is 0 Å². The summed E-state index contributed by atoms with van der Waals surface area (Å²) in [6, 6.07) is 26.1. The molecule has 0 spiro atoms. The zero-order valence-corrected chi connectivity index (χ0v) is 18.5. The second kappa shape index (κ2) is 16.9. The summed E-state index contributed by atoms with van der Waals surface area (Å²) in [5.41, 5.74) is 0. The van der Waals surface area contributed by atoms with Crippen LogP contribution in [0.5, 0.6) is 17.2 Å². The first-order chi connectivity index (χ1) is 12.7. The zero-order valence-electron chi connectivity index (χ0n) is 14.9. The Morgan fingerprint density at radius 1 is 0.556 bits per heavy atom. The average molecular weight is 526 g/mol. The number of benzene rings is 3. The van der Waals surface area contributed by atoms with Gasteiger partial charge in [-0.3, -0.25) is 6.08 Å². The zero-order chi connectivity index (χ0) is 18.9. The molecule has 0 atom stereocenters. The van der Waals surface area contributed by atoms with Crippen molar-refractivity contribution in [1.82, 2.24) is 0 Å². The number of rotatable bonds is 0. The fourth-order valence-electron chi connectivity index (χ4n) is 1.62. The molecule has 0 aliphatic heterocycles. The van der Waals surface area contributed by atoms with Crippen LogP contribution in [0.15, 0.2) is 109 Å². The third-order valence-corrected chi connectivity index (χ3v) is 2.85. The summed E-state index contributed by atoms with van der Waals surface area (Å²) in [6.07, 6.45) is 10.0. The maximum atomic E-state index is 8.63. The van der Waals surface area contributed by atoms with Crippen molar-refractivity contribution >= 4 is 0 Å². The van der Waals surface area contributed by atoms with Crippen molar-refractivity contribution in [1.29, 1.82) is 0 Å². The smallest absolute Gasteiger partial charge is 0.115 e. The van der Waals surface area contributed by atoms with E-state index < -0.39 is 0 Å². The van der Waals surface area contributed by atoms with Crippen molar-refractivity contribution in [2.75, 3.05) is 0 Å². The van der Waals surface area contributed by atoms with Gasteiger partial charge in [0, 0.05) is 25.8 Å². The molecule has 3 aromatic rings. The van der Waals surface area contributed by atoms with E-state index in [1.54, 1.807) is 72.8 Å². The molecule has 0 fully saturated rings. The van der Waals surface area contributed by atoms with E-state index in [9.17, 15) is 0 Å². The molecular formula is C23H23HfO3-. The fourth-order valence-corrected chi connectivity index (χ4v) is 1.62. The molecule has 0 saturated heterocycles. The Morgan fingerprint density at radius 2 is 0.889 bits per heavy atom. The minimum Gasteiger partial charge on any atom is -0.508 e. The van der Waals surface area contributed by atoms with Crippen LogP contribution in [0, 0.1) is 6.08 Å². The summed E-state index contributed by atoms with van der Waals surface area (Å²) in [5, 5.41) is 25.9. The van der Waals surface area contributed by atoms with Gasteiger partial charge in [-0.25, -0.2) is 12.2 Å². The van der Waals surface area contributed by atoms with Gasteiger partial charge in [0.05, 0.1) is 0 Å². The van der Waals surface area contributed by atoms with Crippen LogP contribution < -0.4 is 0 Å². The second-order valence-corrected chi connectivity index (χ2v) is 5.01. The quantitative estimate of drug-likeness (QED) is 0.269. The number of hydrogen-bond donors (Lipinski definition) is 3. The van der Waals surface area contributed by atoms with E-state index in [1.165, 1.54) is 0 Å². The molecule has 0 heterocycles. The monoisotopic (exact) mass is 527 g/mol.